The molecular formula is C19H20ClF2NO4. The van der Waals surface area contributed by atoms with Crippen molar-refractivity contribution in [3.8, 4) is 17.2 Å². The maximum absolute atomic E-state index is 12.5. The third-order valence-electron chi connectivity index (χ3n) is 3.45. The van der Waals surface area contributed by atoms with Gasteiger partial charge in [-0.15, -0.1) is 0 Å². The number of rotatable bonds is 8. The van der Waals surface area contributed by atoms with Crippen LogP contribution in [-0.4, -0.2) is 25.7 Å². The Bertz CT molecular complexity index is 799. The molecule has 0 aliphatic rings. The van der Waals surface area contributed by atoms with Crippen molar-refractivity contribution in [2.75, 3.05) is 7.11 Å². The lowest BCUT2D eigenvalue weighted by atomic mass is 10.1. The van der Waals surface area contributed by atoms with E-state index in [-0.39, 0.29) is 29.7 Å². The second-order valence-corrected chi connectivity index (χ2v) is 6.29. The van der Waals surface area contributed by atoms with Gasteiger partial charge in [0.2, 0.25) is 0 Å². The molecule has 0 aromatic heterocycles. The van der Waals surface area contributed by atoms with E-state index >= 15 is 0 Å². The molecule has 0 spiro atoms. The molecule has 1 amide bonds. The molecule has 0 aliphatic carbocycles. The number of hydrogen-bond acceptors (Lipinski definition) is 4. The summed E-state index contributed by atoms with van der Waals surface area (Å²) in [6.45, 7) is 0.804. The summed E-state index contributed by atoms with van der Waals surface area (Å²) in [6.07, 6.45) is -0.117. The van der Waals surface area contributed by atoms with Crippen LogP contribution in [0.5, 0.6) is 17.2 Å². The average Bonchev–Trinajstić information content (AvgIpc) is 2.60. The minimum absolute atomic E-state index is 0.0933. The Labute approximate surface area is 161 Å². The molecule has 27 heavy (non-hydrogen) atoms. The van der Waals surface area contributed by atoms with Crippen LogP contribution in [0.4, 0.5) is 8.78 Å². The lowest BCUT2D eigenvalue weighted by Crippen LogP contribution is -2.24. The van der Waals surface area contributed by atoms with Crippen molar-refractivity contribution in [3.05, 3.63) is 52.5 Å². The molecule has 0 fully saturated rings. The molecule has 0 bridgehead atoms. The van der Waals surface area contributed by atoms with Crippen LogP contribution in [0.15, 0.2) is 36.4 Å². The van der Waals surface area contributed by atoms with E-state index < -0.39 is 12.5 Å². The van der Waals surface area contributed by atoms with E-state index in [0.29, 0.717) is 16.3 Å². The molecule has 146 valence electrons. The first kappa shape index (κ1) is 20.8. The lowest BCUT2D eigenvalue weighted by molar-refractivity contribution is -0.0512. The maximum Gasteiger partial charge on any atom is 0.387 e. The molecule has 0 aliphatic heterocycles. The minimum Gasteiger partial charge on any atom is -0.493 e. The Morgan fingerprint density at radius 1 is 1.07 bits per heavy atom. The number of halogens is 3. The van der Waals surface area contributed by atoms with Gasteiger partial charge < -0.3 is 19.5 Å². The first-order chi connectivity index (χ1) is 12.8. The number of methoxy groups -OCH3 is 1. The predicted molar refractivity (Wildman–Crippen MR) is 98.0 cm³/mol. The fourth-order valence-electron chi connectivity index (χ4n) is 2.33. The molecule has 2 aromatic carbocycles. The number of carbonyl (C=O) groups is 1. The first-order valence-corrected chi connectivity index (χ1v) is 8.54. The molecule has 0 unspecified atom stereocenters. The van der Waals surface area contributed by atoms with Crippen LogP contribution in [0, 0.1) is 0 Å². The van der Waals surface area contributed by atoms with Gasteiger partial charge in [0, 0.05) is 11.6 Å². The van der Waals surface area contributed by atoms with E-state index in [0.717, 1.165) is 0 Å². The molecule has 2 aromatic rings. The molecule has 0 saturated carbocycles. The zero-order chi connectivity index (χ0) is 20.0. The van der Waals surface area contributed by atoms with Gasteiger partial charge in [-0.3, -0.25) is 4.79 Å². The van der Waals surface area contributed by atoms with E-state index in [2.05, 4.69) is 10.1 Å². The molecule has 2 rings (SSSR count). The molecular weight excluding hydrogens is 380 g/mol. The Hall–Kier alpha value is -2.54. The minimum atomic E-state index is -2.98. The highest BCUT2D eigenvalue weighted by Crippen LogP contribution is 2.29. The van der Waals surface area contributed by atoms with Crippen molar-refractivity contribution in [2.45, 2.75) is 33.1 Å². The first-order valence-electron chi connectivity index (χ1n) is 8.16. The normalized spacial score (nSPS) is 10.8. The Morgan fingerprint density at radius 2 is 1.78 bits per heavy atom. The molecule has 0 heterocycles. The highest BCUT2D eigenvalue weighted by atomic mass is 35.5. The van der Waals surface area contributed by atoms with Gasteiger partial charge in [-0.05, 0) is 49.7 Å². The number of hydrogen-bond donors (Lipinski definition) is 1. The summed E-state index contributed by atoms with van der Waals surface area (Å²) < 4.78 is 40.1. The van der Waals surface area contributed by atoms with Gasteiger partial charge in [0.05, 0.1) is 18.8 Å². The SMILES string of the molecule is COc1ccc(CNC(=O)c2cc(Cl)ccc2OC(C)C)cc1OC(F)F. The van der Waals surface area contributed by atoms with Crippen molar-refractivity contribution in [2.24, 2.45) is 0 Å². The van der Waals surface area contributed by atoms with Crippen LogP contribution in [0.25, 0.3) is 0 Å². The van der Waals surface area contributed by atoms with E-state index in [4.69, 9.17) is 21.1 Å². The van der Waals surface area contributed by atoms with Crippen LogP contribution in [-0.2, 0) is 6.54 Å². The monoisotopic (exact) mass is 399 g/mol. The lowest BCUT2D eigenvalue weighted by Gasteiger charge is -2.15. The van der Waals surface area contributed by atoms with E-state index in [1.54, 1.807) is 18.2 Å². The van der Waals surface area contributed by atoms with E-state index in [1.165, 1.54) is 25.3 Å². The van der Waals surface area contributed by atoms with Gasteiger partial charge in [-0.2, -0.15) is 8.78 Å². The van der Waals surface area contributed by atoms with Gasteiger partial charge in [0.25, 0.3) is 5.91 Å². The van der Waals surface area contributed by atoms with E-state index in [9.17, 15) is 13.6 Å². The second-order valence-electron chi connectivity index (χ2n) is 5.85. The molecule has 0 radical (unpaired) electrons. The Morgan fingerprint density at radius 3 is 2.41 bits per heavy atom. The van der Waals surface area contributed by atoms with Crippen LogP contribution in [0.2, 0.25) is 5.02 Å². The molecule has 0 atom stereocenters. The zero-order valence-electron chi connectivity index (χ0n) is 15.1. The summed E-state index contributed by atoms with van der Waals surface area (Å²) >= 11 is 5.98. The second kappa shape index (κ2) is 9.41. The molecule has 0 saturated heterocycles. The third-order valence-corrected chi connectivity index (χ3v) is 3.68. The van der Waals surface area contributed by atoms with Crippen molar-refractivity contribution in [1.29, 1.82) is 0 Å². The van der Waals surface area contributed by atoms with Crippen molar-refractivity contribution >= 4 is 17.5 Å². The Kier molecular flexibility index (Phi) is 7.24. The quantitative estimate of drug-likeness (QED) is 0.701. The largest absolute Gasteiger partial charge is 0.493 e. The topological polar surface area (TPSA) is 56.8 Å². The summed E-state index contributed by atoms with van der Waals surface area (Å²) in [5.74, 6) is 0.0716. The number of nitrogens with one attached hydrogen (secondary N) is 1. The fourth-order valence-corrected chi connectivity index (χ4v) is 2.51. The third kappa shape index (κ3) is 5.99. The Balaban J connectivity index is 2.15. The molecule has 1 N–H and O–H groups in total. The number of benzene rings is 2. The van der Waals surface area contributed by atoms with E-state index in [1.807, 2.05) is 13.8 Å². The number of carbonyl (C=O) groups excluding carboxylic acids is 1. The highest BCUT2D eigenvalue weighted by Gasteiger charge is 2.16. The highest BCUT2D eigenvalue weighted by molar-refractivity contribution is 6.31. The van der Waals surface area contributed by atoms with Crippen LogP contribution < -0.4 is 19.5 Å². The molecule has 8 heteroatoms. The van der Waals surface area contributed by atoms with Gasteiger partial charge in [0.15, 0.2) is 11.5 Å². The summed E-state index contributed by atoms with van der Waals surface area (Å²) in [4.78, 5) is 12.5. The average molecular weight is 400 g/mol. The smallest absolute Gasteiger partial charge is 0.387 e. The standard InChI is InChI=1S/C19H20ClF2NO4/c1-11(2)26-15-7-5-13(20)9-14(15)18(24)23-10-12-4-6-16(25-3)17(8-12)27-19(21)22/h4-9,11,19H,10H2,1-3H3,(H,23,24). The predicted octanol–water partition coefficient (Wildman–Crippen LogP) is 4.67. The fraction of sp³-hybridized carbons (Fsp3) is 0.316. The van der Waals surface area contributed by atoms with Crippen LogP contribution >= 0.6 is 11.6 Å². The van der Waals surface area contributed by atoms with Gasteiger partial charge in [-0.1, -0.05) is 17.7 Å². The van der Waals surface area contributed by atoms with Crippen LogP contribution in [0.3, 0.4) is 0 Å². The van der Waals surface area contributed by atoms with Crippen molar-refractivity contribution in [1.82, 2.24) is 5.32 Å². The number of alkyl halides is 2. The zero-order valence-corrected chi connectivity index (χ0v) is 15.8. The van der Waals surface area contributed by atoms with Gasteiger partial charge >= 0.3 is 6.61 Å². The summed E-state index contributed by atoms with van der Waals surface area (Å²) in [6, 6.07) is 9.28. The van der Waals surface area contributed by atoms with Crippen molar-refractivity contribution < 1.29 is 27.8 Å². The maximum atomic E-state index is 12.5. The van der Waals surface area contributed by atoms with Gasteiger partial charge in [0.1, 0.15) is 5.75 Å². The summed E-state index contributed by atoms with van der Waals surface area (Å²) in [5.41, 5.74) is 0.849. The van der Waals surface area contributed by atoms with Gasteiger partial charge in [-0.25, -0.2) is 0 Å². The summed E-state index contributed by atoms with van der Waals surface area (Å²) in [7, 11) is 1.35. The summed E-state index contributed by atoms with van der Waals surface area (Å²) in [5, 5.41) is 3.11. The van der Waals surface area contributed by atoms with Crippen LogP contribution in [0.1, 0.15) is 29.8 Å². The van der Waals surface area contributed by atoms with Crippen molar-refractivity contribution in [3.63, 3.8) is 0 Å². The molecule has 5 nitrogen and oxygen atoms in total. The number of ether oxygens (including phenoxy) is 3. The number of amides is 1.